The molecular formula is C28H44N8. The minimum Gasteiger partial charge on any atom is -0.343 e. The molecule has 0 bridgehead atoms. The molecule has 0 saturated carbocycles. The normalized spacial score (nSPS) is 18.4. The largest absolute Gasteiger partial charge is 0.343 e. The van der Waals surface area contributed by atoms with Crippen LogP contribution in [0.25, 0.3) is 0 Å². The van der Waals surface area contributed by atoms with E-state index < -0.39 is 0 Å². The molecular weight excluding hydrogens is 448 g/mol. The lowest BCUT2D eigenvalue weighted by molar-refractivity contribution is 0.372. The van der Waals surface area contributed by atoms with Gasteiger partial charge in [-0.15, -0.1) is 0 Å². The zero-order valence-electron chi connectivity index (χ0n) is 23.5. The Morgan fingerprint density at radius 1 is 1.28 bits per heavy atom. The molecule has 2 aromatic rings. The van der Waals surface area contributed by atoms with Crippen molar-refractivity contribution in [2.24, 2.45) is 9.98 Å². The van der Waals surface area contributed by atoms with Crippen LogP contribution < -0.4 is 10.6 Å². The van der Waals surface area contributed by atoms with Crippen molar-refractivity contribution >= 4 is 18.0 Å². The van der Waals surface area contributed by atoms with Gasteiger partial charge in [0.1, 0.15) is 5.82 Å². The van der Waals surface area contributed by atoms with Crippen molar-refractivity contribution in [2.45, 2.75) is 72.4 Å². The van der Waals surface area contributed by atoms with Crippen LogP contribution in [0.15, 0.2) is 58.4 Å². The molecule has 0 radical (unpaired) electrons. The Kier molecular flexibility index (Phi) is 8.82. The van der Waals surface area contributed by atoms with Gasteiger partial charge in [-0.25, -0.2) is 4.98 Å². The van der Waals surface area contributed by atoms with Gasteiger partial charge in [-0.05, 0) is 56.7 Å². The van der Waals surface area contributed by atoms with E-state index in [1.807, 2.05) is 39.2 Å². The second-order valence-corrected chi connectivity index (χ2v) is 10.6. The highest BCUT2D eigenvalue weighted by Crippen LogP contribution is 2.29. The number of hydrogen-bond acceptors (Lipinski definition) is 5. The van der Waals surface area contributed by atoms with E-state index >= 15 is 0 Å². The number of hydrogen-bond donors (Lipinski definition) is 2. The zero-order valence-corrected chi connectivity index (χ0v) is 23.5. The summed E-state index contributed by atoms with van der Waals surface area (Å²) in [5.41, 5.74) is 4.70. The monoisotopic (exact) mass is 492 g/mol. The highest BCUT2D eigenvalue weighted by molar-refractivity contribution is 5.83. The molecule has 1 aliphatic heterocycles. The van der Waals surface area contributed by atoms with Crippen LogP contribution in [-0.2, 0) is 5.41 Å². The van der Waals surface area contributed by atoms with Gasteiger partial charge in [-0.2, -0.15) is 0 Å². The van der Waals surface area contributed by atoms with Crippen molar-refractivity contribution in [2.75, 3.05) is 32.5 Å². The van der Waals surface area contributed by atoms with E-state index in [4.69, 9.17) is 0 Å². The fraction of sp³-hybridized carbons (Fsp3) is 0.536. The molecule has 3 rings (SSSR count). The maximum absolute atomic E-state index is 4.66. The Morgan fingerprint density at radius 3 is 2.58 bits per heavy atom. The van der Waals surface area contributed by atoms with Gasteiger partial charge in [-0.3, -0.25) is 9.98 Å². The van der Waals surface area contributed by atoms with Gasteiger partial charge >= 0.3 is 0 Å². The molecule has 196 valence electrons. The van der Waals surface area contributed by atoms with Crippen LogP contribution in [0, 0.1) is 6.92 Å². The first-order valence-corrected chi connectivity index (χ1v) is 12.9. The molecule has 8 nitrogen and oxygen atoms in total. The summed E-state index contributed by atoms with van der Waals surface area (Å²) >= 11 is 0. The van der Waals surface area contributed by atoms with Gasteiger partial charge in [0, 0.05) is 51.3 Å². The molecule has 36 heavy (non-hydrogen) atoms. The average molecular weight is 493 g/mol. The van der Waals surface area contributed by atoms with E-state index in [-0.39, 0.29) is 11.5 Å². The summed E-state index contributed by atoms with van der Waals surface area (Å²) in [6.07, 6.45) is 8.60. The molecule has 1 aromatic carbocycles. The minimum atomic E-state index is 0.0329. The van der Waals surface area contributed by atoms with E-state index in [0.717, 1.165) is 42.7 Å². The van der Waals surface area contributed by atoms with Crippen molar-refractivity contribution in [1.82, 2.24) is 24.7 Å². The Labute approximate surface area is 217 Å². The molecule has 2 unspecified atom stereocenters. The molecule has 0 amide bonds. The molecule has 0 saturated heterocycles. The predicted octanol–water partition coefficient (Wildman–Crippen LogP) is 4.98. The number of nitrogens with zero attached hydrogens (tertiary/aromatic N) is 6. The Balaban J connectivity index is 1.88. The van der Waals surface area contributed by atoms with Crippen LogP contribution in [0.5, 0.6) is 0 Å². The summed E-state index contributed by atoms with van der Waals surface area (Å²) < 4.78 is 2.15. The number of aromatic nitrogens is 2. The lowest BCUT2D eigenvalue weighted by Crippen LogP contribution is -2.44. The number of nitrogens with one attached hydrogen (secondary N) is 2. The third kappa shape index (κ3) is 6.47. The second-order valence-electron chi connectivity index (χ2n) is 10.6. The van der Waals surface area contributed by atoms with Crippen molar-refractivity contribution in [1.29, 1.82) is 0 Å². The van der Waals surface area contributed by atoms with Crippen LogP contribution in [0.2, 0.25) is 0 Å². The van der Waals surface area contributed by atoms with E-state index in [0.29, 0.717) is 6.04 Å². The summed E-state index contributed by atoms with van der Waals surface area (Å²) in [6.45, 7) is 17.1. The summed E-state index contributed by atoms with van der Waals surface area (Å²) in [4.78, 5) is 17.8. The average Bonchev–Trinajstić information content (AvgIpc) is 3.48. The Bertz CT molecular complexity index is 1080. The number of rotatable bonds is 8. The fourth-order valence-corrected chi connectivity index (χ4v) is 4.35. The summed E-state index contributed by atoms with van der Waals surface area (Å²) in [5.74, 6) is 1.74. The van der Waals surface area contributed by atoms with Gasteiger partial charge in [0.25, 0.3) is 0 Å². The van der Waals surface area contributed by atoms with Gasteiger partial charge in [0.05, 0.1) is 24.4 Å². The Hall–Kier alpha value is -3.29. The summed E-state index contributed by atoms with van der Waals surface area (Å²) in [6, 6.07) is 7.05. The number of imidazole rings is 1. The zero-order chi connectivity index (χ0) is 26.5. The molecule has 2 N–H and O–H groups in total. The highest BCUT2D eigenvalue weighted by atomic mass is 15.3. The number of aryl methyl sites for hydroxylation is 1. The first-order valence-electron chi connectivity index (χ1n) is 12.9. The van der Waals surface area contributed by atoms with E-state index in [1.54, 1.807) is 0 Å². The van der Waals surface area contributed by atoms with Crippen molar-refractivity contribution in [3.8, 4) is 0 Å². The van der Waals surface area contributed by atoms with Crippen LogP contribution in [-0.4, -0.2) is 64.9 Å². The van der Waals surface area contributed by atoms with E-state index in [2.05, 4.69) is 107 Å². The van der Waals surface area contributed by atoms with Crippen LogP contribution in [0.4, 0.5) is 5.69 Å². The lowest BCUT2D eigenvalue weighted by atomic mass is 9.86. The quantitative estimate of drug-likeness (QED) is 0.402. The topological polar surface area (TPSA) is 73.1 Å². The Morgan fingerprint density at radius 2 is 2.03 bits per heavy atom. The SMILES string of the molecule is CCN(CCC(C)n1ccnc1)C(=NC)N/C(Nc1cc(C(C)(C)C)ccc1C)=C1\C(C)N=CN1C. The number of guanidine groups is 1. The maximum atomic E-state index is 4.66. The molecule has 2 heterocycles. The van der Waals surface area contributed by atoms with Gasteiger partial charge in [-0.1, -0.05) is 32.9 Å². The van der Waals surface area contributed by atoms with Crippen LogP contribution in [0.3, 0.4) is 0 Å². The highest BCUT2D eigenvalue weighted by Gasteiger charge is 2.25. The van der Waals surface area contributed by atoms with E-state index in [9.17, 15) is 0 Å². The first-order chi connectivity index (χ1) is 17.0. The standard InChI is InChI=1S/C28H44N8/c1-10-35(15-13-21(3)36-16-14-30-18-36)27(29-8)33-26(25-22(4)31-19-34(25)9)32-24-17-23(28(5,6)7)12-11-20(24)2/h11-12,14,16-19,21-22,32H,10,13,15H2,1-9H3,(H,29,33)/b26-25+. The third-order valence-corrected chi connectivity index (χ3v) is 6.84. The summed E-state index contributed by atoms with van der Waals surface area (Å²) in [7, 11) is 3.88. The van der Waals surface area contributed by atoms with Crippen LogP contribution in [0.1, 0.15) is 65.1 Å². The summed E-state index contributed by atoms with van der Waals surface area (Å²) in [5, 5.41) is 7.37. The molecule has 1 aromatic heterocycles. The molecule has 0 spiro atoms. The fourth-order valence-electron chi connectivity index (χ4n) is 4.35. The molecule has 2 atom stereocenters. The minimum absolute atomic E-state index is 0.0329. The molecule has 0 aliphatic carbocycles. The van der Waals surface area contributed by atoms with Gasteiger partial charge in [0.15, 0.2) is 5.96 Å². The van der Waals surface area contributed by atoms with E-state index in [1.165, 1.54) is 11.1 Å². The van der Waals surface area contributed by atoms with Gasteiger partial charge < -0.3 is 25.0 Å². The third-order valence-electron chi connectivity index (χ3n) is 6.84. The van der Waals surface area contributed by atoms with Gasteiger partial charge in [0.2, 0.25) is 0 Å². The predicted molar refractivity (Wildman–Crippen MR) is 152 cm³/mol. The molecule has 0 fully saturated rings. The molecule has 8 heteroatoms. The van der Waals surface area contributed by atoms with Crippen molar-refractivity contribution in [3.63, 3.8) is 0 Å². The number of benzene rings is 1. The first kappa shape index (κ1) is 27.3. The molecule has 1 aliphatic rings. The maximum Gasteiger partial charge on any atom is 0.199 e. The number of aliphatic imine (C=N–C) groups is 2. The smallest absolute Gasteiger partial charge is 0.199 e. The number of anilines is 1. The van der Waals surface area contributed by atoms with Crippen molar-refractivity contribution < 1.29 is 0 Å². The van der Waals surface area contributed by atoms with Crippen LogP contribution >= 0.6 is 0 Å². The second kappa shape index (κ2) is 11.6. The number of likely N-dealkylation sites (N-methyl/N-ethyl adjacent to an activating group) is 1. The lowest BCUT2D eigenvalue weighted by Gasteiger charge is -2.30. The van der Waals surface area contributed by atoms with Crippen molar-refractivity contribution in [3.05, 3.63) is 59.6 Å².